The van der Waals surface area contributed by atoms with Crippen molar-refractivity contribution in [3.63, 3.8) is 0 Å². The van der Waals surface area contributed by atoms with E-state index in [4.69, 9.17) is 10.00 Å². The van der Waals surface area contributed by atoms with Gasteiger partial charge in [0.1, 0.15) is 12.1 Å². The van der Waals surface area contributed by atoms with E-state index in [9.17, 15) is 0 Å². The molecule has 0 aliphatic rings. The Balaban J connectivity index is 2.80. The lowest BCUT2D eigenvalue weighted by Gasteiger charge is -2.01. The minimum atomic E-state index is 0.499. The van der Waals surface area contributed by atoms with Gasteiger partial charge in [-0.3, -0.25) is 5.32 Å². The summed E-state index contributed by atoms with van der Waals surface area (Å²) in [5.74, 6) is 0.499. The predicted molar refractivity (Wildman–Crippen MR) is 62.5 cm³/mol. The van der Waals surface area contributed by atoms with E-state index in [0.29, 0.717) is 12.4 Å². The van der Waals surface area contributed by atoms with Crippen molar-refractivity contribution < 1.29 is 4.74 Å². The maximum atomic E-state index is 8.60. The van der Waals surface area contributed by atoms with E-state index < -0.39 is 0 Å². The first-order chi connectivity index (χ1) is 7.88. The van der Waals surface area contributed by atoms with Crippen molar-refractivity contribution in [1.82, 2.24) is 5.32 Å². The van der Waals surface area contributed by atoms with Crippen LogP contribution in [0.2, 0.25) is 0 Å². The van der Waals surface area contributed by atoms with Crippen molar-refractivity contribution in [2.24, 2.45) is 4.99 Å². The zero-order chi connectivity index (χ0) is 11.6. The van der Waals surface area contributed by atoms with Crippen LogP contribution >= 0.6 is 0 Å². The zero-order valence-electron chi connectivity index (χ0n) is 9.05. The molecule has 1 aromatic rings. The zero-order valence-corrected chi connectivity index (χ0v) is 9.05. The Bertz CT molecular complexity index is 404. The number of nitrogens with zero attached hydrogens (tertiary/aromatic N) is 2. The van der Waals surface area contributed by atoms with E-state index in [-0.39, 0.29) is 0 Å². The molecule has 0 saturated carbocycles. The number of amidine groups is 1. The van der Waals surface area contributed by atoms with E-state index >= 15 is 0 Å². The van der Waals surface area contributed by atoms with E-state index in [1.165, 1.54) is 12.5 Å². The Morgan fingerprint density at radius 1 is 1.50 bits per heavy atom. The highest BCUT2D eigenvalue weighted by molar-refractivity contribution is 5.99. The monoisotopic (exact) mass is 215 g/mol. The molecule has 0 aliphatic carbocycles. The molecule has 0 radical (unpaired) electrons. The molecule has 0 fully saturated rings. The Labute approximate surface area is 94.9 Å². The first-order valence-electron chi connectivity index (χ1n) is 4.93. The van der Waals surface area contributed by atoms with Gasteiger partial charge in [0.15, 0.2) is 6.19 Å². The van der Waals surface area contributed by atoms with Crippen LogP contribution in [0.15, 0.2) is 47.8 Å². The van der Waals surface area contributed by atoms with Crippen molar-refractivity contribution >= 4 is 5.84 Å². The maximum Gasteiger partial charge on any atom is 0.182 e. The summed E-state index contributed by atoms with van der Waals surface area (Å²) >= 11 is 0. The molecule has 0 bridgehead atoms. The maximum absolute atomic E-state index is 8.60. The molecule has 0 aliphatic heterocycles. The fraction of sp³-hybridized carbons (Fsp3) is 0.167. The molecule has 4 nitrogen and oxygen atoms in total. The summed E-state index contributed by atoms with van der Waals surface area (Å²) in [4.78, 5) is 4.10. The second kappa shape index (κ2) is 7.07. The molecule has 16 heavy (non-hydrogen) atoms. The highest BCUT2D eigenvalue weighted by Crippen LogP contribution is 1.99. The summed E-state index contributed by atoms with van der Waals surface area (Å²) in [6, 6.07) is 9.42. The molecule has 1 aromatic carbocycles. The minimum absolute atomic E-state index is 0.499. The lowest BCUT2D eigenvalue weighted by molar-refractivity contribution is 0.268. The first-order valence-corrected chi connectivity index (χ1v) is 4.93. The second-order valence-corrected chi connectivity index (χ2v) is 2.82. The predicted octanol–water partition coefficient (Wildman–Crippen LogP) is 2.01. The molecule has 0 spiro atoms. The highest BCUT2D eigenvalue weighted by Gasteiger charge is 1.99. The number of nitrogens with one attached hydrogen (secondary N) is 1. The summed E-state index contributed by atoms with van der Waals surface area (Å²) in [5.41, 5.74) is 0.852. The molecule has 1 N–H and O–H groups in total. The van der Waals surface area contributed by atoms with Crippen LogP contribution < -0.4 is 5.32 Å². The molecule has 0 unspecified atom stereocenters. The van der Waals surface area contributed by atoms with E-state index in [1.807, 2.05) is 43.4 Å². The summed E-state index contributed by atoms with van der Waals surface area (Å²) in [6.45, 7) is 2.48. The summed E-state index contributed by atoms with van der Waals surface area (Å²) in [7, 11) is 0. The molecule has 0 atom stereocenters. The van der Waals surface area contributed by atoms with Crippen LogP contribution in [-0.2, 0) is 4.74 Å². The summed E-state index contributed by atoms with van der Waals surface area (Å²) in [6.07, 6.45) is 4.85. The summed E-state index contributed by atoms with van der Waals surface area (Å²) < 4.78 is 5.00. The molecule has 4 heteroatoms. The van der Waals surface area contributed by atoms with Crippen molar-refractivity contribution in [2.45, 2.75) is 6.92 Å². The molecular weight excluding hydrogens is 202 g/mol. The van der Waals surface area contributed by atoms with Crippen LogP contribution in [0.5, 0.6) is 0 Å². The lowest BCUT2D eigenvalue weighted by Crippen LogP contribution is -2.18. The van der Waals surface area contributed by atoms with Crippen LogP contribution in [0, 0.1) is 11.5 Å². The SMILES string of the molecule is CCO/C=C/N=C(NC#N)c1ccccc1. The fourth-order valence-corrected chi connectivity index (χ4v) is 1.07. The van der Waals surface area contributed by atoms with Gasteiger partial charge in [-0.15, -0.1) is 0 Å². The van der Waals surface area contributed by atoms with Crippen molar-refractivity contribution in [1.29, 1.82) is 5.26 Å². The van der Waals surface area contributed by atoms with Gasteiger partial charge in [-0.1, -0.05) is 30.3 Å². The van der Waals surface area contributed by atoms with Gasteiger partial charge in [0.2, 0.25) is 0 Å². The third-order valence-corrected chi connectivity index (χ3v) is 1.75. The first kappa shape index (κ1) is 11.8. The Hall–Kier alpha value is -2.28. The van der Waals surface area contributed by atoms with E-state index in [0.717, 1.165) is 5.56 Å². The van der Waals surface area contributed by atoms with Crippen LogP contribution in [-0.4, -0.2) is 12.4 Å². The van der Waals surface area contributed by atoms with Crippen molar-refractivity contribution in [3.05, 3.63) is 48.4 Å². The van der Waals surface area contributed by atoms with Gasteiger partial charge in [-0.2, -0.15) is 5.26 Å². The van der Waals surface area contributed by atoms with Gasteiger partial charge >= 0.3 is 0 Å². The van der Waals surface area contributed by atoms with Crippen LogP contribution in [0.1, 0.15) is 12.5 Å². The normalized spacial score (nSPS) is 11.1. The largest absolute Gasteiger partial charge is 0.500 e. The number of nitriles is 1. The van der Waals surface area contributed by atoms with Crippen LogP contribution in [0.3, 0.4) is 0 Å². The molecule has 0 heterocycles. The molecule has 0 saturated heterocycles. The molecule has 0 aromatic heterocycles. The highest BCUT2D eigenvalue weighted by atomic mass is 16.5. The van der Waals surface area contributed by atoms with Gasteiger partial charge in [0.05, 0.1) is 12.8 Å². The smallest absolute Gasteiger partial charge is 0.182 e. The van der Waals surface area contributed by atoms with Gasteiger partial charge in [-0.05, 0) is 6.92 Å². The number of ether oxygens (including phenoxy) is 1. The quantitative estimate of drug-likeness (QED) is 0.275. The molecule has 82 valence electrons. The average molecular weight is 215 g/mol. The molecule has 0 amide bonds. The van der Waals surface area contributed by atoms with E-state index in [2.05, 4.69) is 10.3 Å². The standard InChI is InChI=1S/C12H13N3O/c1-2-16-9-8-14-12(15-10-13)11-6-4-3-5-7-11/h3-9H,2H2,1H3,(H,14,15)/b9-8+. The van der Waals surface area contributed by atoms with Crippen LogP contribution in [0.4, 0.5) is 0 Å². The number of aliphatic imine (C=N–C) groups is 1. The number of rotatable bonds is 4. The lowest BCUT2D eigenvalue weighted by atomic mass is 10.2. The van der Waals surface area contributed by atoms with Crippen molar-refractivity contribution in [3.8, 4) is 6.19 Å². The number of benzene rings is 1. The Morgan fingerprint density at radius 3 is 2.88 bits per heavy atom. The van der Waals surface area contributed by atoms with Crippen LogP contribution in [0.25, 0.3) is 0 Å². The third kappa shape index (κ3) is 3.84. The Morgan fingerprint density at radius 2 is 2.25 bits per heavy atom. The summed E-state index contributed by atoms with van der Waals surface area (Å²) in [5, 5.41) is 11.1. The van der Waals surface area contributed by atoms with Gasteiger partial charge in [0.25, 0.3) is 0 Å². The Kier molecular flexibility index (Phi) is 5.21. The second-order valence-electron chi connectivity index (χ2n) is 2.82. The minimum Gasteiger partial charge on any atom is -0.500 e. The van der Waals surface area contributed by atoms with Gasteiger partial charge in [-0.25, -0.2) is 4.99 Å². The van der Waals surface area contributed by atoms with E-state index in [1.54, 1.807) is 0 Å². The van der Waals surface area contributed by atoms with Gasteiger partial charge in [0, 0.05) is 5.56 Å². The van der Waals surface area contributed by atoms with Gasteiger partial charge < -0.3 is 4.74 Å². The number of hydrogen-bond donors (Lipinski definition) is 1. The van der Waals surface area contributed by atoms with Crippen molar-refractivity contribution in [2.75, 3.05) is 6.61 Å². The number of hydrogen-bond acceptors (Lipinski definition) is 3. The third-order valence-electron chi connectivity index (χ3n) is 1.75. The fourth-order valence-electron chi connectivity index (χ4n) is 1.07. The molecular formula is C12H13N3O. The average Bonchev–Trinajstić information content (AvgIpc) is 2.34. The topological polar surface area (TPSA) is 57.4 Å². The molecule has 1 rings (SSSR count).